The number of methoxy groups -OCH3 is 2. The first-order chi connectivity index (χ1) is 13.5. The summed E-state index contributed by atoms with van der Waals surface area (Å²) in [7, 11) is 3.27. The smallest absolute Gasteiger partial charge is 0.255 e. The Hall–Kier alpha value is -2.25. The van der Waals surface area contributed by atoms with E-state index < -0.39 is 0 Å². The molecule has 0 amide bonds. The van der Waals surface area contributed by atoms with Gasteiger partial charge >= 0.3 is 0 Å². The lowest BCUT2D eigenvalue weighted by Gasteiger charge is -2.09. The fourth-order valence-corrected chi connectivity index (χ4v) is 4.20. The van der Waals surface area contributed by atoms with Crippen LogP contribution in [0.4, 0.5) is 0 Å². The highest BCUT2D eigenvalue weighted by molar-refractivity contribution is 9.10. The highest BCUT2D eigenvalue weighted by Crippen LogP contribution is 2.28. The van der Waals surface area contributed by atoms with Gasteiger partial charge in [-0.05, 0) is 58.2 Å². The van der Waals surface area contributed by atoms with Gasteiger partial charge in [-0.15, -0.1) is 0 Å². The summed E-state index contributed by atoms with van der Waals surface area (Å²) >= 11 is 4.99. The minimum atomic E-state index is -0.0956. The van der Waals surface area contributed by atoms with Crippen molar-refractivity contribution in [1.82, 2.24) is 9.97 Å². The summed E-state index contributed by atoms with van der Waals surface area (Å²) in [6.45, 7) is 1.88. The monoisotopic (exact) mass is 460 g/mol. The number of aromatic nitrogens is 2. The third-order valence-electron chi connectivity index (χ3n) is 4.33. The first-order valence-corrected chi connectivity index (χ1v) is 10.5. The van der Waals surface area contributed by atoms with E-state index in [1.54, 1.807) is 14.2 Å². The van der Waals surface area contributed by atoms with Gasteiger partial charge in [0.2, 0.25) is 0 Å². The molecular weight excluding hydrogens is 440 g/mol. The molecule has 7 heteroatoms. The molecule has 0 saturated heterocycles. The van der Waals surface area contributed by atoms with Gasteiger partial charge in [0, 0.05) is 23.4 Å². The number of H-pyrrole nitrogens is 1. The van der Waals surface area contributed by atoms with Crippen LogP contribution in [0.1, 0.15) is 22.4 Å². The molecule has 28 heavy (non-hydrogen) atoms. The van der Waals surface area contributed by atoms with E-state index in [0.29, 0.717) is 22.9 Å². The SMILES string of the molecule is COc1ccc(Cc2c(C)nc(SCc3ccc(OC)c(Br)c3)[nH]c2=O)cc1. The summed E-state index contributed by atoms with van der Waals surface area (Å²) in [5.41, 5.74) is 3.49. The standard InChI is InChI=1S/C21H21BrN2O3S/c1-13-17(10-14-4-7-16(26-2)8-5-14)20(25)24-21(23-13)28-12-15-6-9-19(27-3)18(22)11-15/h4-9,11H,10,12H2,1-3H3,(H,23,24,25). The lowest BCUT2D eigenvalue weighted by molar-refractivity contribution is 0.412. The number of ether oxygens (including phenoxy) is 2. The van der Waals surface area contributed by atoms with E-state index in [0.717, 1.165) is 32.8 Å². The van der Waals surface area contributed by atoms with Crippen molar-refractivity contribution in [1.29, 1.82) is 0 Å². The third-order valence-corrected chi connectivity index (χ3v) is 5.90. The van der Waals surface area contributed by atoms with Crippen LogP contribution in [0.2, 0.25) is 0 Å². The second kappa shape index (κ2) is 9.30. The Labute approximate surface area is 176 Å². The first kappa shape index (κ1) is 20.5. The summed E-state index contributed by atoms with van der Waals surface area (Å²) in [5, 5.41) is 0.618. The number of hydrogen-bond donors (Lipinski definition) is 1. The van der Waals surface area contributed by atoms with Crippen LogP contribution in [-0.2, 0) is 12.2 Å². The average Bonchev–Trinajstić information content (AvgIpc) is 2.69. The zero-order valence-electron chi connectivity index (χ0n) is 15.9. The molecule has 0 atom stereocenters. The Balaban J connectivity index is 1.72. The molecule has 0 fully saturated rings. The van der Waals surface area contributed by atoms with Crippen molar-refractivity contribution in [2.24, 2.45) is 0 Å². The van der Waals surface area contributed by atoms with Crippen molar-refractivity contribution < 1.29 is 9.47 Å². The molecule has 1 N–H and O–H groups in total. The van der Waals surface area contributed by atoms with Gasteiger partial charge in [-0.2, -0.15) is 0 Å². The van der Waals surface area contributed by atoms with E-state index in [1.807, 2.05) is 49.4 Å². The van der Waals surface area contributed by atoms with Gasteiger partial charge in [0.1, 0.15) is 11.5 Å². The zero-order valence-corrected chi connectivity index (χ0v) is 18.3. The average molecular weight is 461 g/mol. The fourth-order valence-electron chi connectivity index (χ4n) is 2.76. The highest BCUT2D eigenvalue weighted by atomic mass is 79.9. The van der Waals surface area contributed by atoms with E-state index in [-0.39, 0.29) is 5.56 Å². The van der Waals surface area contributed by atoms with Crippen LogP contribution in [0, 0.1) is 6.92 Å². The number of benzene rings is 2. The fraction of sp³-hybridized carbons (Fsp3) is 0.238. The molecule has 0 aliphatic carbocycles. The van der Waals surface area contributed by atoms with Crippen molar-refractivity contribution in [3.05, 3.63) is 79.7 Å². The van der Waals surface area contributed by atoms with Crippen molar-refractivity contribution in [2.75, 3.05) is 14.2 Å². The summed E-state index contributed by atoms with van der Waals surface area (Å²) in [5.74, 6) is 2.28. The van der Waals surface area contributed by atoms with Gasteiger partial charge < -0.3 is 14.5 Å². The Morgan fingerprint density at radius 1 is 1.07 bits per heavy atom. The van der Waals surface area contributed by atoms with Crippen molar-refractivity contribution in [3.63, 3.8) is 0 Å². The molecule has 146 valence electrons. The molecule has 2 aromatic carbocycles. The second-order valence-corrected chi connectivity index (χ2v) is 8.04. The molecule has 0 saturated carbocycles. The molecule has 3 aromatic rings. The van der Waals surface area contributed by atoms with E-state index in [2.05, 4.69) is 25.9 Å². The van der Waals surface area contributed by atoms with Gasteiger partial charge in [-0.1, -0.05) is 30.0 Å². The lowest BCUT2D eigenvalue weighted by atomic mass is 10.1. The summed E-state index contributed by atoms with van der Waals surface area (Å²) < 4.78 is 11.3. The quantitative estimate of drug-likeness (QED) is 0.407. The van der Waals surface area contributed by atoms with Crippen LogP contribution < -0.4 is 15.0 Å². The number of nitrogens with one attached hydrogen (secondary N) is 1. The summed E-state index contributed by atoms with van der Waals surface area (Å²) in [6, 6.07) is 13.6. The van der Waals surface area contributed by atoms with Gasteiger partial charge in [-0.3, -0.25) is 4.79 Å². The molecule has 5 nitrogen and oxygen atoms in total. The van der Waals surface area contributed by atoms with Crippen LogP contribution in [0.3, 0.4) is 0 Å². The topological polar surface area (TPSA) is 64.2 Å². The molecule has 3 rings (SSSR count). The van der Waals surface area contributed by atoms with Gasteiger partial charge in [0.15, 0.2) is 5.16 Å². The van der Waals surface area contributed by atoms with Crippen molar-refractivity contribution >= 4 is 27.7 Å². The minimum absolute atomic E-state index is 0.0956. The predicted octanol–water partition coefficient (Wildman–Crippen LogP) is 4.74. The number of hydrogen-bond acceptors (Lipinski definition) is 5. The van der Waals surface area contributed by atoms with Crippen LogP contribution >= 0.6 is 27.7 Å². The largest absolute Gasteiger partial charge is 0.497 e. The molecule has 0 radical (unpaired) electrons. The zero-order chi connectivity index (χ0) is 20.1. The Bertz CT molecular complexity index is 1020. The van der Waals surface area contributed by atoms with E-state index >= 15 is 0 Å². The van der Waals surface area contributed by atoms with Gasteiger partial charge in [-0.25, -0.2) is 4.98 Å². The minimum Gasteiger partial charge on any atom is -0.497 e. The van der Waals surface area contributed by atoms with Crippen LogP contribution in [0.25, 0.3) is 0 Å². The maximum absolute atomic E-state index is 12.6. The number of thioether (sulfide) groups is 1. The number of nitrogens with zero attached hydrogens (tertiary/aromatic N) is 1. The predicted molar refractivity (Wildman–Crippen MR) is 116 cm³/mol. The third kappa shape index (κ3) is 4.97. The highest BCUT2D eigenvalue weighted by Gasteiger charge is 2.10. The lowest BCUT2D eigenvalue weighted by Crippen LogP contribution is -2.17. The molecular formula is C21H21BrN2O3S. The molecule has 1 heterocycles. The maximum Gasteiger partial charge on any atom is 0.255 e. The Morgan fingerprint density at radius 2 is 1.79 bits per heavy atom. The molecule has 1 aromatic heterocycles. The number of rotatable bonds is 7. The van der Waals surface area contributed by atoms with Crippen molar-refractivity contribution in [2.45, 2.75) is 24.3 Å². The maximum atomic E-state index is 12.6. The van der Waals surface area contributed by atoms with Crippen LogP contribution in [0.5, 0.6) is 11.5 Å². The normalized spacial score (nSPS) is 10.7. The number of aromatic amines is 1. The molecule has 0 aliphatic heterocycles. The van der Waals surface area contributed by atoms with E-state index in [1.165, 1.54) is 11.8 Å². The van der Waals surface area contributed by atoms with Crippen LogP contribution in [-0.4, -0.2) is 24.2 Å². The molecule has 0 spiro atoms. The summed E-state index contributed by atoms with van der Waals surface area (Å²) in [6.07, 6.45) is 0.536. The summed E-state index contributed by atoms with van der Waals surface area (Å²) in [4.78, 5) is 20.1. The molecule has 0 bridgehead atoms. The van der Waals surface area contributed by atoms with E-state index in [9.17, 15) is 4.79 Å². The van der Waals surface area contributed by atoms with Gasteiger partial charge in [0.05, 0.1) is 18.7 Å². The molecule has 0 unspecified atom stereocenters. The van der Waals surface area contributed by atoms with Gasteiger partial charge in [0.25, 0.3) is 5.56 Å². The first-order valence-electron chi connectivity index (χ1n) is 8.68. The molecule has 0 aliphatic rings. The second-order valence-electron chi connectivity index (χ2n) is 6.22. The van der Waals surface area contributed by atoms with Crippen LogP contribution in [0.15, 0.2) is 56.9 Å². The Morgan fingerprint density at radius 3 is 2.39 bits per heavy atom. The Kier molecular flexibility index (Phi) is 6.80. The van der Waals surface area contributed by atoms with Crippen molar-refractivity contribution in [3.8, 4) is 11.5 Å². The number of aryl methyl sites for hydroxylation is 1. The van der Waals surface area contributed by atoms with E-state index in [4.69, 9.17) is 9.47 Å². The number of halogens is 1.